The average molecular weight is 395 g/mol. The van der Waals surface area contributed by atoms with E-state index in [0.29, 0.717) is 10.7 Å². The Labute approximate surface area is 147 Å². The number of rotatable bonds is 6. The van der Waals surface area contributed by atoms with Crippen LogP contribution in [0.15, 0.2) is 40.0 Å². The van der Waals surface area contributed by atoms with E-state index in [1.54, 1.807) is 24.3 Å². The van der Waals surface area contributed by atoms with Crippen molar-refractivity contribution in [3.8, 4) is 0 Å². The summed E-state index contributed by atoms with van der Waals surface area (Å²) < 4.78 is 5.88. The van der Waals surface area contributed by atoms with E-state index < -0.39 is 5.97 Å². The first-order valence-corrected chi connectivity index (χ1v) is 8.61. The molecule has 0 N–H and O–H groups in total. The second-order valence-electron chi connectivity index (χ2n) is 4.81. The standard InChI is InChI=1S/C16H15BrN2O3S/c1-10-7-11(2)19-16(18-10)23-9-15(21)22-8-14(20)12-3-5-13(17)6-4-12/h3-7H,8-9H2,1-2H3. The highest BCUT2D eigenvalue weighted by atomic mass is 79.9. The quantitative estimate of drug-likeness (QED) is 0.323. The van der Waals surface area contributed by atoms with Crippen LogP contribution >= 0.6 is 27.7 Å². The minimum atomic E-state index is -0.469. The van der Waals surface area contributed by atoms with Gasteiger partial charge in [-0.15, -0.1) is 0 Å². The van der Waals surface area contributed by atoms with Gasteiger partial charge in [0.15, 0.2) is 17.5 Å². The normalized spacial score (nSPS) is 10.4. The number of aryl methyl sites for hydroxylation is 2. The topological polar surface area (TPSA) is 69.2 Å². The zero-order valence-corrected chi connectivity index (χ0v) is 15.1. The molecule has 0 aliphatic carbocycles. The molecule has 0 spiro atoms. The fourth-order valence-electron chi connectivity index (χ4n) is 1.79. The average Bonchev–Trinajstić information content (AvgIpc) is 2.50. The van der Waals surface area contributed by atoms with Gasteiger partial charge in [-0.05, 0) is 32.0 Å². The van der Waals surface area contributed by atoms with Crippen LogP contribution in [0.2, 0.25) is 0 Å². The number of halogens is 1. The Morgan fingerprint density at radius 1 is 1.13 bits per heavy atom. The SMILES string of the molecule is Cc1cc(C)nc(SCC(=O)OCC(=O)c2ccc(Br)cc2)n1. The van der Waals surface area contributed by atoms with Gasteiger partial charge in [-0.25, -0.2) is 9.97 Å². The van der Waals surface area contributed by atoms with Crippen molar-refractivity contribution in [1.82, 2.24) is 9.97 Å². The highest BCUT2D eigenvalue weighted by Crippen LogP contribution is 2.14. The zero-order chi connectivity index (χ0) is 16.8. The maximum absolute atomic E-state index is 11.9. The van der Waals surface area contributed by atoms with Gasteiger partial charge >= 0.3 is 5.97 Å². The highest BCUT2D eigenvalue weighted by Gasteiger charge is 2.11. The highest BCUT2D eigenvalue weighted by molar-refractivity contribution is 9.10. The second kappa shape index (κ2) is 8.21. The summed E-state index contributed by atoms with van der Waals surface area (Å²) in [5.41, 5.74) is 2.20. The lowest BCUT2D eigenvalue weighted by Gasteiger charge is -2.05. The molecular weight excluding hydrogens is 380 g/mol. The third-order valence-electron chi connectivity index (χ3n) is 2.81. The van der Waals surface area contributed by atoms with E-state index in [1.165, 1.54) is 11.8 Å². The fraction of sp³-hybridized carbons (Fsp3) is 0.250. The van der Waals surface area contributed by atoms with Gasteiger partial charge in [0.25, 0.3) is 0 Å². The molecule has 1 aromatic heterocycles. The third-order valence-corrected chi connectivity index (χ3v) is 4.16. The summed E-state index contributed by atoms with van der Waals surface area (Å²) in [4.78, 5) is 32.1. The van der Waals surface area contributed by atoms with Gasteiger partial charge in [0.1, 0.15) is 0 Å². The summed E-state index contributed by atoms with van der Waals surface area (Å²) >= 11 is 4.49. The van der Waals surface area contributed by atoms with Crippen LogP contribution in [0.3, 0.4) is 0 Å². The Hall–Kier alpha value is -1.73. The van der Waals surface area contributed by atoms with Crippen molar-refractivity contribution in [3.63, 3.8) is 0 Å². The molecule has 1 heterocycles. The van der Waals surface area contributed by atoms with Crippen molar-refractivity contribution < 1.29 is 14.3 Å². The molecule has 0 saturated heterocycles. The van der Waals surface area contributed by atoms with E-state index in [1.807, 2.05) is 19.9 Å². The first-order chi connectivity index (χ1) is 10.9. The molecule has 1 aromatic carbocycles. The number of thioether (sulfide) groups is 1. The van der Waals surface area contributed by atoms with E-state index in [2.05, 4.69) is 25.9 Å². The molecule has 0 saturated carbocycles. The molecule has 2 aromatic rings. The van der Waals surface area contributed by atoms with E-state index in [4.69, 9.17) is 4.74 Å². The summed E-state index contributed by atoms with van der Waals surface area (Å²) in [6, 6.07) is 8.75. The van der Waals surface area contributed by atoms with Crippen LogP contribution in [0.4, 0.5) is 0 Å². The summed E-state index contributed by atoms with van der Waals surface area (Å²) in [5.74, 6) is -0.641. The second-order valence-corrected chi connectivity index (χ2v) is 6.67. The summed E-state index contributed by atoms with van der Waals surface area (Å²) in [6.07, 6.45) is 0. The molecule has 2 rings (SSSR count). The number of esters is 1. The largest absolute Gasteiger partial charge is 0.457 e. The van der Waals surface area contributed by atoms with Gasteiger partial charge in [0.2, 0.25) is 0 Å². The molecule has 0 unspecified atom stereocenters. The Morgan fingerprint density at radius 2 is 1.74 bits per heavy atom. The van der Waals surface area contributed by atoms with Crippen LogP contribution in [0.5, 0.6) is 0 Å². The van der Waals surface area contributed by atoms with Gasteiger partial charge in [-0.2, -0.15) is 0 Å². The first kappa shape index (κ1) is 17.6. The van der Waals surface area contributed by atoms with Gasteiger partial charge in [0.05, 0.1) is 5.75 Å². The van der Waals surface area contributed by atoms with E-state index >= 15 is 0 Å². The molecule has 7 heteroatoms. The molecule has 23 heavy (non-hydrogen) atoms. The Bertz CT molecular complexity index is 700. The molecule has 0 aliphatic heterocycles. The number of benzene rings is 1. The zero-order valence-electron chi connectivity index (χ0n) is 12.7. The summed E-state index contributed by atoms with van der Waals surface area (Å²) in [5, 5.41) is 0.527. The van der Waals surface area contributed by atoms with Crippen molar-refractivity contribution in [1.29, 1.82) is 0 Å². The summed E-state index contributed by atoms with van der Waals surface area (Å²) in [6.45, 7) is 3.47. The molecule has 0 aliphatic rings. The van der Waals surface area contributed by atoms with Crippen molar-refractivity contribution >= 4 is 39.4 Å². The molecule has 0 fully saturated rings. The number of hydrogen-bond donors (Lipinski definition) is 0. The first-order valence-electron chi connectivity index (χ1n) is 6.83. The maximum Gasteiger partial charge on any atom is 0.316 e. The molecule has 0 atom stereocenters. The lowest BCUT2D eigenvalue weighted by molar-refractivity contribution is -0.139. The van der Waals surface area contributed by atoms with Gasteiger partial charge in [-0.3, -0.25) is 9.59 Å². The number of carbonyl (C=O) groups excluding carboxylic acids is 2. The Balaban J connectivity index is 1.80. The molecular formula is C16H15BrN2O3S. The van der Waals surface area contributed by atoms with Crippen molar-refractivity contribution in [2.45, 2.75) is 19.0 Å². The number of carbonyl (C=O) groups is 2. The smallest absolute Gasteiger partial charge is 0.316 e. The third kappa shape index (κ3) is 5.76. The predicted octanol–water partition coefficient (Wildman–Crippen LogP) is 3.37. The van der Waals surface area contributed by atoms with Gasteiger partial charge in [0, 0.05) is 21.4 Å². The van der Waals surface area contributed by atoms with Crippen molar-refractivity contribution in [3.05, 3.63) is 51.8 Å². The van der Waals surface area contributed by atoms with E-state index in [0.717, 1.165) is 15.9 Å². The van der Waals surface area contributed by atoms with Gasteiger partial charge < -0.3 is 4.74 Å². The minimum absolute atomic E-state index is 0.0660. The number of aromatic nitrogens is 2. The van der Waals surface area contributed by atoms with Crippen molar-refractivity contribution in [2.24, 2.45) is 0 Å². The number of nitrogens with zero attached hydrogens (tertiary/aromatic N) is 2. The molecule has 0 radical (unpaired) electrons. The molecule has 5 nitrogen and oxygen atoms in total. The van der Waals surface area contributed by atoms with E-state index in [-0.39, 0.29) is 18.1 Å². The van der Waals surface area contributed by atoms with Crippen LogP contribution in [-0.4, -0.2) is 34.1 Å². The van der Waals surface area contributed by atoms with Crippen LogP contribution in [0, 0.1) is 13.8 Å². The number of ether oxygens (including phenoxy) is 1. The minimum Gasteiger partial charge on any atom is -0.457 e. The van der Waals surface area contributed by atoms with Crippen LogP contribution in [0.25, 0.3) is 0 Å². The summed E-state index contributed by atoms with van der Waals surface area (Å²) in [7, 11) is 0. The Morgan fingerprint density at radius 3 is 2.35 bits per heavy atom. The van der Waals surface area contributed by atoms with Crippen molar-refractivity contribution in [2.75, 3.05) is 12.4 Å². The number of Topliss-reactive ketones (excluding diaryl/α,β-unsaturated/α-hetero) is 1. The Kier molecular flexibility index (Phi) is 6.29. The lowest BCUT2D eigenvalue weighted by Crippen LogP contribution is -2.15. The molecule has 0 amide bonds. The molecule has 0 bridgehead atoms. The number of hydrogen-bond acceptors (Lipinski definition) is 6. The predicted molar refractivity (Wildman–Crippen MR) is 91.7 cm³/mol. The number of ketones is 1. The lowest BCUT2D eigenvalue weighted by atomic mass is 10.1. The maximum atomic E-state index is 11.9. The van der Waals surface area contributed by atoms with Crippen LogP contribution in [-0.2, 0) is 9.53 Å². The monoisotopic (exact) mass is 394 g/mol. The van der Waals surface area contributed by atoms with E-state index in [9.17, 15) is 9.59 Å². The van der Waals surface area contributed by atoms with Gasteiger partial charge in [-0.1, -0.05) is 39.8 Å². The van der Waals surface area contributed by atoms with Crippen LogP contribution in [0.1, 0.15) is 21.7 Å². The van der Waals surface area contributed by atoms with Crippen LogP contribution < -0.4 is 0 Å². The fourth-order valence-corrected chi connectivity index (χ4v) is 2.80. The molecule has 120 valence electrons.